The third kappa shape index (κ3) is 3.69. The maximum absolute atomic E-state index is 12.8. The van der Waals surface area contributed by atoms with E-state index in [4.69, 9.17) is 4.42 Å². The van der Waals surface area contributed by atoms with Crippen molar-refractivity contribution < 1.29 is 9.21 Å². The molecule has 0 bridgehead atoms. The number of nitrogens with zero attached hydrogens (tertiary/aromatic N) is 2. The fourth-order valence-corrected chi connectivity index (χ4v) is 3.59. The van der Waals surface area contributed by atoms with Crippen LogP contribution in [0.3, 0.4) is 0 Å². The maximum Gasteiger partial charge on any atom is 0.247 e. The number of hydrogen-bond donors (Lipinski definition) is 0. The lowest BCUT2D eigenvalue weighted by Crippen LogP contribution is -2.44. The van der Waals surface area contributed by atoms with Gasteiger partial charge in [-0.3, -0.25) is 4.79 Å². The number of carbonyl (C=O) groups is 1. The molecule has 1 unspecified atom stereocenters. The van der Waals surface area contributed by atoms with Crippen LogP contribution in [0, 0.1) is 0 Å². The Morgan fingerprint density at radius 3 is 2.77 bits per heavy atom. The topological polar surface area (TPSA) is 46.3 Å². The summed E-state index contributed by atoms with van der Waals surface area (Å²) in [4.78, 5) is 19.1. The van der Waals surface area contributed by atoms with Crippen LogP contribution in [0.4, 0.5) is 0 Å². The van der Waals surface area contributed by atoms with Crippen LogP contribution < -0.4 is 0 Å². The Hall–Kier alpha value is -2.88. The third-order valence-electron chi connectivity index (χ3n) is 4.90. The first-order chi connectivity index (χ1) is 12.8. The lowest BCUT2D eigenvalue weighted by atomic mass is 9.95. The summed E-state index contributed by atoms with van der Waals surface area (Å²) in [5, 5.41) is 0. The number of carbonyl (C=O) groups excluding carboxylic acids is 1. The summed E-state index contributed by atoms with van der Waals surface area (Å²) in [5.74, 6) is 0.504. The van der Waals surface area contributed by atoms with Gasteiger partial charge in [-0.15, -0.1) is 0 Å². The Morgan fingerprint density at radius 2 is 1.92 bits per heavy atom. The molecule has 1 fully saturated rings. The normalized spacial score (nSPS) is 17.8. The van der Waals surface area contributed by atoms with Crippen molar-refractivity contribution in [3.05, 3.63) is 72.1 Å². The lowest BCUT2D eigenvalue weighted by Gasteiger charge is -2.35. The molecule has 2 aromatic carbocycles. The van der Waals surface area contributed by atoms with Crippen LogP contribution in [0.5, 0.6) is 0 Å². The highest BCUT2D eigenvalue weighted by molar-refractivity contribution is 5.91. The fraction of sp³-hybridized carbons (Fsp3) is 0.273. The van der Waals surface area contributed by atoms with E-state index in [0.29, 0.717) is 5.89 Å². The van der Waals surface area contributed by atoms with E-state index >= 15 is 0 Å². The molecular weight excluding hydrogens is 324 g/mol. The van der Waals surface area contributed by atoms with Crippen LogP contribution in [0.25, 0.3) is 17.2 Å². The minimum atomic E-state index is 0.0351. The first kappa shape index (κ1) is 16.6. The van der Waals surface area contributed by atoms with E-state index in [1.165, 1.54) is 12.0 Å². The zero-order chi connectivity index (χ0) is 17.8. The summed E-state index contributed by atoms with van der Waals surface area (Å²) in [6.07, 6.45) is 7.47. The van der Waals surface area contributed by atoms with Gasteiger partial charge in [0, 0.05) is 24.7 Å². The summed E-state index contributed by atoms with van der Waals surface area (Å²) in [6.45, 7) is 0.814. The summed E-state index contributed by atoms with van der Waals surface area (Å²) >= 11 is 0. The van der Waals surface area contributed by atoms with Crippen molar-refractivity contribution in [2.24, 2.45) is 0 Å². The molecule has 0 N–H and O–H groups in total. The molecule has 0 radical (unpaired) electrons. The van der Waals surface area contributed by atoms with Crippen LogP contribution in [0.2, 0.25) is 0 Å². The summed E-state index contributed by atoms with van der Waals surface area (Å²) in [6, 6.07) is 18.3. The van der Waals surface area contributed by atoms with E-state index in [2.05, 4.69) is 29.2 Å². The standard InChI is InChI=1S/C22H22N2O2/c25-22(14-13-21-23-19-11-4-5-12-20(19)26-21)24-15-7-6-10-18(24)16-17-8-2-1-3-9-17/h1-5,8-9,11-14,18H,6-7,10,15-16H2/b14-13+. The Labute approximate surface area is 153 Å². The van der Waals surface area contributed by atoms with Gasteiger partial charge in [-0.05, 0) is 43.4 Å². The summed E-state index contributed by atoms with van der Waals surface area (Å²) in [5.41, 5.74) is 2.82. The number of benzene rings is 2. The molecule has 26 heavy (non-hydrogen) atoms. The average molecular weight is 346 g/mol. The second kappa shape index (κ2) is 7.56. The second-order valence-electron chi connectivity index (χ2n) is 6.72. The summed E-state index contributed by atoms with van der Waals surface area (Å²) < 4.78 is 5.66. The first-order valence-corrected chi connectivity index (χ1v) is 9.18. The minimum Gasteiger partial charge on any atom is -0.437 e. The number of hydrogen-bond acceptors (Lipinski definition) is 3. The number of oxazole rings is 1. The van der Waals surface area contributed by atoms with Gasteiger partial charge in [-0.2, -0.15) is 0 Å². The predicted molar refractivity (Wildman–Crippen MR) is 103 cm³/mol. The molecular formula is C22H22N2O2. The number of para-hydroxylation sites is 2. The molecule has 0 aliphatic carbocycles. The molecule has 1 amide bonds. The number of aromatic nitrogens is 1. The van der Waals surface area contributed by atoms with Crippen molar-refractivity contribution in [3.63, 3.8) is 0 Å². The monoisotopic (exact) mass is 346 g/mol. The van der Waals surface area contributed by atoms with Crippen LogP contribution in [-0.2, 0) is 11.2 Å². The first-order valence-electron chi connectivity index (χ1n) is 9.18. The van der Waals surface area contributed by atoms with Crippen molar-refractivity contribution in [1.29, 1.82) is 0 Å². The van der Waals surface area contributed by atoms with E-state index in [-0.39, 0.29) is 11.9 Å². The second-order valence-corrected chi connectivity index (χ2v) is 6.72. The van der Waals surface area contributed by atoms with Crippen molar-refractivity contribution >= 4 is 23.1 Å². The van der Waals surface area contributed by atoms with Crippen LogP contribution >= 0.6 is 0 Å². The number of piperidine rings is 1. The summed E-state index contributed by atoms with van der Waals surface area (Å²) in [7, 11) is 0. The van der Waals surface area contributed by atoms with Gasteiger partial charge >= 0.3 is 0 Å². The number of fused-ring (bicyclic) bond motifs is 1. The van der Waals surface area contributed by atoms with Gasteiger partial charge in [0.25, 0.3) is 0 Å². The smallest absolute Gasteiger partial charge is 0.247 e. The van der Waals surface area contributed by atoms with Crippen molar-refractivity contribution in [2.45, 2.75) is 31.7 Å². The maximum atomic E-state index is 12.8. The highest BCUT2D eigenvalue weighted by Gasteiger charge is 2.25. The molecule has 1 aromatic heterocycles. The zero-order valence-corrected chi connectivity index (χ0v) is 14.7. The molecule has 4 rings (SSSR count). The molecule has 0 saturated carbocycles. The van der Waals surface area contributed by atoms with Gasteiger partial charge in [0.2, 0.25) is 11.8 Å². The van der Waals surface area contributed by atoms with Gasteiger partial charge in [-0.1, -0.05) is 42.5 Å². The molecule has 1 saturated heterocycles. The molecule has 4 nitrogen and oxygen atoms in total. The van der Waals surface area contributed by atoms with Crippen LogP contribution in [0.15, 0.2) is 65.1 Å². The lowest BCUT2D eigenvalue weighted by molar-refractivity contribution is -0.129. The van der Waals surface area contributed by atoms with Crippen LogP contribution in [0.1, 0.15) is 30.7 Å². The SMILES string of the molecule is O=C(/C=C/c1nc2ccccc2o1)N1CCCCC1Cc1ccccc1. The Kier molecular flexibility index (Phi) is 4.82. The van der Waals surface area contributed by atoms with E-state index in [1.807, 2.05) is 35.2 Å². The molecule has 3 aromatic rings. The number of likely N-dealkylation sites (tertiary alicyclic amines) is 1. The minimum absolute atomic E-state index is 0.0351. The van der Waals surface area contributed by atoms with Crippen molar-refractivity contribution in [2.75, 3.05) is 6.54 Å². The van der Waals surface area contributed by atoms with Gasteiger partial charge in [0.05, 0.1) is 0 Å². The Morgan fingerprint density at radius 1 is 1.12 bits per heavy atom. The number of rotatable bonds is 4. The van der Waals surface area contributed by atoms with Crippen molar-refractivity contribution in [3.8, 4) is 0 Å². The molecule has 132 valence electrons. The Bertz CT molecular complexity index is 881. The fourth-order valence-electron chi connectivity index (χ4n) is 3.59. The molecule has 4 heteroatoms. The van der Waals surface area contributed by atoms with Gasteiger partial charge < -0.3 is 9.32 Å². The largest absolute Gasteiger partial charge is 0.437 e. The average Bonchev–Trinajstić information content (AvgIpc) is 3.10. The quantitative estimate of drug-likeness (QED) is 0.655. The van der Waals surface area contributed by atoms with E-state index in [1.54, 1.807) is 12.2 Å². The van der Waals surface area contributed by atoms with E-state index in [0.717, 1.165) is 36.9 Å². The number of amides is 1. The van der Waals surface area contributed by atoms with Crippen LogP contribution in [-0.4, -0.2) is 28.4 Å². The van der Waals surface area contributed by atoms with Crippen molar-refractivity contribution in [1.82, 2.24) is 9.88 Å². The Balaban J connectivity index is 1.47. The van der Waals surface area contributed by atoms with Gasteiger partial charge in [0.15, 0.2) is 5.58 Å². The molecule has 1 aliphatic heterocycles. The molecule has 1 aliphatic rings. The molecule has 0 spiro atoms. The van der Waals surface area contributed by atoms with Gasteiger partial charge in [-0.25, -0.2) is 4.98 Å². The highest BCUT2D eigenvalue weighted by atomic mass is 16.3. The molecule has 1 atom stereocenters. The molecule has 2 heterocycles. The third-order valence-corrected chi connectivity index (χ3v) is 4.90. The van der Waals surface area contributed by atoms with Gasteiger partial charge in [0.1, 0.15) is 5.52 Å². The van der Waals surface area contributed by atoms with E-state index < -0.39 is 0 Å². The predicted octanol–water partition coefficient (Wildman–Crippen LogP) is 4.46. The zero-order valence-electron chi connectivity index (χ0n) is 14.7. The van der Waals surface area contributed by atoms with E-state index in [9.17, 15) is 4.79 Å². The highest BCUT2D eigenvalue weighted by Crippen LogP contribution is 2.22.